The van der Waals surface area contributed by atoms with Crippen molar-refractivity contribution >= 4 is 17.8 Å². The number of cyclic esters (lactones) is 1. The fourth-order valence-corrected chi connectivity index (χ4v) is 3.29. The highest BCUT2D eigenvalue weighted by Crippen LogP contribution is 2.27. The molecule has 2 amide bonds. The Labute approximate surface area is 163 Å². The third-order valence-corrected chi connectivity index (χ3v) is 4.75. The minimum atomic E-state index is -0.594. The van der Waals surface area contributed by atoms with E-state index >= 15 is 0 Å². The molecule has 154 valence electrons. The first-order valence-corrected chi connectivity index (χ1v) is 10.1. The maximum atomic E-state index is 13.1. The van der Waals surface area contributed by atoms with E-state index in [2.05, 4.69) is 50.5 Å². The molecule has 1 aliphatic rings. The molecule has 2 N–H and O–H groups in total. The van der Waals surface area contributed by atoms with Crippen LogP contribution in [0.4, 0.5) is 4.79 Å². The normalized spacial score (nSPS) is 26.0. The summed E-state index contributed by atoms with van der Waals surface area (Å²) in [6.07, 6.45) is 6.33. The summed E-state index contributed by atoms with van der Waals surface area (Å²) >= 11 is 0. The second-order valence-corrected chi connectivity index (χ2v) is 8.19. The standard InChI is InChI=1S/C21H36N2O4/c1-14(2)8-9-17-7-6-12-27-21(26)22-11-10-19(16(5)24)23-20(25)18(17)13-15(3)4/h8-9,14-15,17-19H,6-7,10-13H2,1-5H3,(H,22,26)(H,23,25)/b9-8+/t17-,18-,19+/m1/s1. The van der Waals surface area contributed by atoms with Crippen LogP contribution in [0.2, 0.25) is 0 Å². The zero-order chi connectivity index (χ0) is 20.4. The van der Waals surface area contributed by atoms with Crippen molar-refractivity contribution in [3.05, 3.63) is 12.2 Å². The Hall–Kier alpha value is -1.85. The Bertz CT molecular complexity index is 528. The smallest absolute Gasteiger partial charge is 0.407 e. The van der Waals surface area contributed by atoms with Gasteiger partial charge in [0.25, 0.3) is 0 Å². The summed E-state index contributed by atoms with van der Waals surface area (Å²) in [5.41, 5.74) is 0. The molecule has 1 aliphatic heterocycles. The zero-order valence-corrected chi connectivity index (χ0v) is 17.4. The van der Waals surface area contributed by atoms with E-state index in [0.717, 1.165) is 12.8 Å². The predicted molar refractivity (Wildman–Crippen MR) is 106 cm³/mol. The molecule has 1 fully saturated rings. The molecule has 0 saturated carbocycles. The molecule has 0 radical (unpaired) electrons. The Morgan fingerprint density at radius 2 is 1.93 bits per heavy atom. The number of Topliss-reactive ketones (excluding diaryl/α,β-unsaturated/α-hetero) is 1. The number of ketones is 1. The van der Waals surface area contributed by atoms with Gasteiger partial charge in [-0.15, -0.1) is 0 Å². The number of hydrogen-bond acceptors (Lipinski definition) is 4. The lowest BCUT2D eigenvalue weighted by molar-refractivity contribution is -0.131. The van der Waals surface area contributed by atoms with Crippen molar-refractivity contribution in [1.82, 2.24) is 10.6 Å². The third-order valence-electron chi connectivity index (χ3n) is 4.75. The number of ether oxygens (including phenoxy) is 1. The number of carbonyl (C=O) groups is 3. The fourth-order valence-electron chi connectivity index (χ4n) is 3.29. The van der Waals surface area contributed by atoms with Crippen LogP contribution < -0.4 is 10.6 Å². The van der Waals surface area contributed by atoms with Gasteiger partial charge in [0.05, 0.1) is 12.6 Å². The minimum Gasteiger partial charge on any atom is -0.450 e. The number of alkyl carbamates (subject to hydrolysis) is 1. The van der Waals surface area contributed by atoms with Gasteiger partial charge in [0, 0.05) is 12.5 Å². The SMILES string of the molecule is CC(=O)[C@@H]1CCNC(=O)OCCC[C@H](/C=C/C(C)C)[C@@H](CC(C)C)C(=O)N1. The number of rotatable bonds is 5. The first-order valence-electron chi connectivity index (χ1n) is 10.1. The van der Waals surface area contributed by atoms with Crippen molar-refractivity contribution in [2.45, 2.75) is 66.3 Å². The monoisotopic (exact) mass is 380 g/mol. The highest BCUT2D eigenvalue weighted by Gasteiger charge is 2.30. The maximum Gasteiger partial charge on any atom is 0.407 e. The van der Waals surface area contributed by atoms with Gasteiger partial charge >= 0.3 is 6.09 Å². The van der Waals surface area contributed by atoms with E-state index in [9.17, 15) is 14.4 Å². The lowest BCUT2D eigenvalue weighted by Gasteiger charge is -2.27. The van der Waals surface area contributed by atoms with Crippen LogP contribution in [-0.4, -0.2) is 37.0 Å². The highest BCUT2D eigenvalue weighted by molar-refractivity contribution is 5.88. The molecule has 0 aromatic heterocycles. The Morgan fingerprint density at radius 3 is 2.52 bits per heavy atom. The van der Waals surface area contributed by atoms with Crippen LogP contribution in [0, 0.1) is 23.7 Å². The summed E-state index contributed by atoms with van der Waals surface area (Å²) in [7, 11) is 0. The van der Waals surface area contributed by atoms with Crippen LogP contribution in [0.3, 0.4) is 0 Å². The van der Waals surface area contributed by atoms with Crippen molar-refractivity contribution < 1.29 is 19.1 Å². The van der Waals surface area contributed by atoms with Crippen LogP contribution in [0.25, 0.3) is 0 Å². The molecule has 0 spiro atoms. The average Bonchev–Trinajstić information content (AvgIpc) is 2.58. The van der Waals surface area contributed by atoms with E-state index < -0.39 is 12.1 Å². The molecular weight excluding hydrogens is 344 g/mol. The molecule has 3 atom stereocenters. The summed E-state index contributed by atoms with van der Waals surface area (Å²) in [5, 5.41) is 5.56. The van der Waals surface area contributed by atoms with Gasteiger partial charge in [-0.25, -0.2) is 4.79 Å². The molecule has 0 bridgehead atoms. The van der Waals surface area contributed by atoms with E-state index in [-0.39, 0.29) is 30.1 Å². The molecule has 0 aliphatic carbocycles. The van der Waals surface area contributed by atoms with Crippen molar-refractivity contribution in [3.63, 3.8) is 0 Å². The average molecular weight is 381 g/mol. The molecular formula is C21H36N2O4. The largest absolute Gasteiger partial charge is 0.450 e. The second kappa shape index (κ2) is 11.8. The Kier molecular flexibility index (Phi) is 10.1. The summed E-state index contributed by atoms with van der Waals surface area (Å²) in [5.74, 6) is 0.423. The number of nitrogens with one attached hydrogen (secondary N) is 2. The van der Waals surface area contributed by atoms with Crippen molar-refractivity contribution in [1.29, 1.82) is 0 Å². The van der Waals surface area contributed by atoms with Crippen LogP contribution in [0.15, 0.2) is 12.2 Å². The van der Waals surface area contributed by atoms with Crippen LogP contribution in [0.5, 0.6) is 0 Å². The number of hydrogen-bond donors (Lipinski definition) is 2. The van der Waals surface area contributed by atoms with Gasteiger partial charge in [0.15, 0.2) is 5.78 Å². The molecule has 6 nitrogen and oxygen atoms in total. The molecule has 0 unspecified atom stereocenters. The summed E-state index contributed by atoms with van der Waals surface area (Å²) < 4.78 is 5.20. The van der Waals surface area contributed by atoms with Gasteiger partial charge in [0.2, 0.25) is 5.91 Å². The van der Waals surface area contributed by atoms with E-state index in [1.807, 2.05) is 0 Å². The van der Waals surface area contributed by atoms with Crippen molar-refractivity contribution in [2.24, 2.45) is 23.7 Å². The van der Waals surface area contributed by atoms with Crippen molar-refractivity contribution in [2.75, 3.05) is 13.2 Å². The molecule has 1 heterocycles. The lowest BCUT2D eigenvalue weighted by atomic mass is 9.81. The maximum absolute atomic E-state index is 13.1. The van der Waals surface area contributed by atoms with Gasteiger partial charge in [0.1, 0.15) is 0 Å². The predicted octanol–water partition coefficient (Wildman–Crippen LogP) is 3.46. The minimum absolute atomic E-state index is 0.0508. The zero-order valence-electron chi connectivity index (χ0n) is 17.4. The van der Waals surface area contributed by atoms with Crippen LogP contribution >= 0.6 is 0 Å². The Morgan fingerprint density at radius 1 is 1.22 bits per heavy atom. The van der Waals surface area contributed by atoms with Crippen LogP contribution in [-0.2, 0) is 14.3 Å². The Balaban J connectivity index is 3.10. The molecule has 6 heteroatoms. The van der Waals surface area contributed by atoms with Gasteiger partial charge in [-0.1, -0.05) is 39.8 Å². The summed E-state index contributed by atoms with van der Waals surface area (Å²) in [6, 6.07) is -0.594. The lowest BCUT2D eigenvalue weighted by Crippen LogP contribution is -2.46. The molecule has 0 aromatic rings. The molecule has 1 rings (SSSR count). The number of amides is 2. The van der Waals surface area contributed by atoms with E-state index in [4.69, 9.17) is 4.74 Å². The second-order valence-electron chi connectivity index (χ2n) is 8.19. The number of carbonyl (C=O) groups excluding carboxylic acids is 3. The number of allylic oxidation sites excluding steroid dienone is 2. The molecule has 0 aromatic carbocycles. The van der Waals surface area contributed by atoms with Gasteiger partial charge in [-0.3, -0.25) is 9.59 Å². The van der Waals surface area contributed by atoms with Crippen LogP contribution in [0.1, 0.15) is 60.3 Å². The third kappa shape index (κ3) is 9.07. The quantitative estimate of drug-likeness (QED) is 0.715. The van der Waals surface area contributed by atoms with Gasteiger partial charge in [-0.05, 0) is 50.4 Å². The first kappa shape index (κ1) is 23.2. The topological polar surface area (TPSA) is 84.5 Å². The molecule has 1 saturated heterocycles. The van der Waals surface area contributed by atoms with E-state index in [1.165, 1.54) is 6.92 Å². The van der Waals surface area contributed by atoms with Gasteiger partial charge < -0.3 is 15.4 Å². The summed E-state index contributed by atoms with van der Waals surface area (Å²) in [6.45, 7) is 10.5. The van der Waals surface area contributed by atoms with Crippen molar-refractivity contribution in [3.8, 4) is 0 Å². The van der Waals surface area contributed by atoms with E-state index in [0.29, 0.717) is 31.3 Å². The summed E-state index contributed by atoms with van der Waals surface area (Å²) in [4.78, 5) is 36.7. The highest BCUT2D eigenvalue weighted by atomic mass is 16.5. The fraction of sp³-hybridized carbons (Fsp3) is 0.762. The first-order chi connectivity index (χ1) is 12.7. The van der Waals surface area contributed by atoms with Gasteiger partial charge in [-0.2, -0.15) is 0 Å². The molecule has 27 heavy (non-hydrogen) atoms. The van der Waals surface area contributed by atoms with E-state index in [1.54, 1.807) is 0 Å².